The van der Waals surface area contributed by atoms with Gasteiger partial charge < -0.3 is 4.90 Å². The minimum absolute atomic E-state index is 0.176. The summed E-state index contributed by atoms with van der Waals surface area (Å²) in [5.74, 6) is 0.507. The monoisotopic (exact) mass is 270 g/mol. The molecule has 0 bridgehead atoms. The summed E-state index contributed by atoms with van der Waals surface area (Å²) < 4.78 is 26.1. The van der Waals surface area contributed by atoms with E-state index in [9.17, 15) is 8.42 Å². The maximum Gasteiger partial charge on any atom is 0.246 e. The molecule has 1 aromatic rings. The van der Waals surface area contributed by atoms with Gasteiger partial charge in [-0.25, -0.2) is 18.4 Å². The molecule has 0 radical (unpaired) electrons. The molecule has 1 saturated heterocycles. The first-order valence-corrected chi connectivity index (χ1v) is 7.45. The van der Waals surface area contributed by atoms with Gasteiger partial charge in [0, 0.05) is 27.2 Å². The zero-order chi connectivity index (χ0) is 13.2. The van der Waals surface area contributed by atoms with Gasteiger partial charge in [-0.05, 0) is 12.8 Å². The predicted octanol–water partition coefficient (Wildman–Crippen LogP) is 0.717. The lowest BCUT2D eigenvalue weighted by atomic mass is 10.2. The number of anilines is 1. The number of rotatable bonds is 3. The molecule has 0 atom stereocenters. The highest BCUT2D eigenvalue weighted by atomic mass is 32.2. The molecule has 0 amide bonds. The van der Waals surface area contributed by atoms with Crippen LogP contribution in [0.5, 0.6) is 0 Å². The van der Waals surface area contributed by atoms with Gasteiger partial charge in [-0.2, -0.15) is 4.31 Å². The van der Waals surface area contributed by atoms with Crippen molar-refractivity contribution in [3.05, 3.63) is 12.4 Å². The predicted molar refractivity (Wildman–Crippen MR) is 69.0 cm³/mol. The molecule has 0 aromatic carbocycles. The van der Waals surface area contributed by atoms with Gasteiger partial charge in [0.2, 0.25) is 16.0 Å². The molecule has 100 valence electrons. The van der Waals surface area contributed by atoms with Crippen LogP contribution in [-0.2, 0) is 10.0 Å². The maximum absolute atomic E-state index is 12.3. The molecule has 2 rings (SSSR count). The Kier molecular flexibility index (Phi) is 3.82. The fraction of sp³-hybridized carbons (Fsp3) is 0.636. The van der Waals surface area contributed by atoms with Crippen LogP contribution in [0.15, 0.2) is 17.3 Å². The van der Waals surface area contributed by atoms with E-state index >= 15 is 0 Å². The van der Waals surface area contributed by atoms with E-state index in [1.54, 1.807) is 4.90 Å². The van der Waals surface area contributed by atoms with Crippen LogP contribution in [0, 0.1) is 0 Å². The number of piperidine rings is 1. The Morgan fingerprint density at radius 3 is 2.17 bits per heavy atom. The highest BCUT2D eigenvalue weighted by molar-refractivity contribution is 7.89. The molecule has 1 aromatic heterocycles. The van der Waals surface area contributed by atoms with E-state index < -0.39 is 10.0 Å². The minimum atomic E-state index is -3.41. The van der Waals surface area contributed by atoms with E-state index in [1.807, 2.05) is 14.1 Å². The van der Waals surface area contributed by atoms with Crippen molar-refractivity contribution in [3.8, 4) is 0 Å². The van der Waals surface area contributed by atoms with Crippen LogP contribution in [0.1, 0.15) is 19.3 Å². The molecule has 1 aliphatic heterocycles. The van der Waals surface area contributed by atoms with E-state index in [2.05, 4.69) is 9.97 Å². The Labute approximate surface area is 108 Å². The molecule has 18 heavy (non-hydrogen) atoms. The van der Waals surface area contributed by atoms with Gasteiger partial charge in [0.05, 0.1) is 12.4 Å². The van der Waals surface area contributed by atoms with Gasteiger partial charge >= 0.3 is 0 Å². The Bertz CT molecular complexity index is 492. The van der Waals surface area contributed by atoms with Crippen molar-refractivity contribution in [3.63, 3.8) is 0 Å². The first-order chi connectivity index (χ1) is 8.51. The summed E-state index contributed by atoms with van der Waals surface area (Å²) >= 11 is 0. The molecule has 7 heteroatoms. The molecule has 0 N–H and O–H groups in total. The van der Waals surface area contributed by atoms with Crippen LogP contribution in [0.2, 0.25) is 0 Å². The molecule has 0 saturated carbocycles. The highest BCUT2D eigenvalue weighted by Crippen LogP contribution is 2.19. The first-order valence-electron chi connectivity index (χ1n) is 6.01. The number of nitrogens with zero attached hydrogens (tertiary/aromatic N) is 4. The van der Waals surface area contributed by atoms with E-state index in [4.69, 9.17) is 0 Å². The summed E-state index contributed by atoms with van der Waals surface area (Å²) in [6.07, 6.45) is 5.71. The van der Waals surface area contributed by atoms with E-state index in [0.717, 1.165) is 19.3 Å². The van der Waals surface area contributed by atoms with Crippen LogP contribution in [-0.4, -0.2) is 49.9 Å². The molecular weight excluding hydrogens is 252 g/mol. The zero-order valence-corrected chi connectivity index (χ0v) is 11.5. The van der Waals surface area contributed by atoms with Gasteiger partial charge in [0.25, 0.3) is 0 Å². The lowest BCUT2D eigenvalue weighted by Crippen LogP contribution is -2.35. The minimum Gasteiger partial charge on any atom is -0.347 e. The summed E-state index contributed by atoms with van der Waals surface area (Å²) in [4.78, 5) is 10.0. The Balaban J connectivity index is 2.23. The molecule has 6 nitrogen and oxygen atoms in total. The van der Waals surface area contributed by atoms with Crippen LogP contribution in [0.25, 0.3) is 0 Å². The topological polar surface area (TPSA) is 66.4 Å². The van der Waals surface area contributed by atoms with Gasteiger partial charge in [0.15, 0.2) is 0 Å². The summed E-state index contributed by atoms with van der Waals surface area (Å²) in [6, 6.07) is 0. The number of hydrogen-bond acceptors (Lipinski definition) is 5. The Hall–Kier alpha value is -1.21. The SMILES string of the molecule is CN(C)c1ncc(S(=O)(=O)N2CCCCC2)cn1. The van der Waals surface area contributed by atoms with Gasteiger partial charge in [-0.3, -0.25) is 0 Å². The van der Waals surface area contributed by atoms with Gasteiger partial charge in [-0.15, -0.1) is 0 Å². The van der Waals surface area contributed by atoms with E-state index in [1.165, 1.54) is 16.7 Å². The fourth-order valence-corrected chi connectivity index (χ4v) is 3.34. The second-order valence-corrected chi connectivity index (χ2v) is 6.52. The maximum atomic E-state index is 12.3. The largest absolute Gasteiger partial charge is 0.347 e. The number of sulfonamides is 1. The smallest absolute Gasteiger partial charge is 0.246 e. The molecule has 0 aliphatic carbocycles. The number of aromatic nitrogens is 2. The lowest BCUT2D eigenvalue weighted by Gasteiger charge is -2.25. The first kappa shape index (κ1) is 13.2. The standard InChI is InChI=1S/C11H18N4O2S/c1-14(2)11-12-8-10(9-13-11)18(16,17)15-6-4-3-5-7-15/h8-9H,3-7H2,1-2H3. The zero-order valence-electron chi connectivity index (χ0n) is 10.7. The van der Waals surface area contributed by atoms with Crippen LogP contribution in [0.4, 0.5) is 5.95 Å². The fourth-order valence-electron chi connectivity index (χ4n) is 1.93. The average molecular weight is 270 g/mol. The molecule has 1 aliphatic rings. The normalized spacial score (nSPS) is 17.7. The van der Waals surface area contributed by atoms with Crippen LogP contribution >= 0.6 is 0 Å². The second kappa shape index (κ2) is 5.19. The van der Waals surface area contributed by atoms with Gasteiger partial charge in [-0.1, -0.05) is 6.42 Å². The third kappa shape index (κ3) is 2.62. The third-order valence-electron chi connectivity index (χ3n) is 2.97. The Morgan fingerprint density at radius 2 is 1.67 bits per heavy atom. The molecule has 0 spiro atoms. The quantitative estimate of drug-likeness (QED) is 0.809. The van der Waals surface area contributed by atoms with Crippen LogP contribution in [0.3, 0.4) is 0 Å². The highest BCUT2D eigenvalue weighted by Gasteiger charge is 2.26. The number of hydrogen-bond donors (Lipinski definition) is 0. The van der Waals surface area contributed by atoms with Crippen molar-refractivity contribution in [1.29, 1.82) is 0 Å². The van der Waals surface area contributed by atoms with Crippen LogP contribution < -0.4 is 4.90 Å². The summed E-state index contributed by atoms with van der Waals surface area (Å²) in [7, 11) is 0.213. The summed E-state index contributed by atoms with van der Waals surface area (Å²) in [5, 5.41) is 0. The van der Waals surface area contributed by atoms with Crippen molar-refractivity contribution in [2.75, 3.05) is 32.1 Å². The third-order valence-corrected chi connectivity index (χ3v) is 4.82. The van der Waals surface area contributed by atoms with Gasteiger partial charge in [0.1, 0.15) is 4.90 Å². The lowest BCUT2D eigenvalue weighted by molar-refractivity contribution is 0.346. The Morgan fingerprint density at radius 1 is 1.11 bits per heavy atom. The van der Waals surface area contributed by atoms with Crippen molar-refractivity contribution >= 4 is 16.0 Å². The molecule has 2 heterocycles. The van der Waals surface area contributed by atoms with Crippen molar-refractivity contribution in [2.45, 2.75) is 24.2 Å². The van der Waals surface area contributed by atoms with E-state index in [0.29, 0.717) is 19.0 Å². The van der Waals surface area contributed by atoms with Crippen molar-refractivity contribution in [1.82, 2.24) is 14.3 Å². The summed E-state index contributed by atoms with van der Waals surface area (Å²) in [5.41, 5.74) is 0. The van der Waals surface area contributed by atoms with Crippen molar-refractivity contribution < 1.29 is 8.42 Å². The second-order valence-electron chi connectivity index (χ2n) is 4.58. The molecule has 1 fully saturated rings. The van der Waals surface area contributed by atoms with E-state index in [-0.39, 0.29) is 4.90 Å². The average Bonchev–Trinajstić information content (AvgIpc) is 2.40. The molecular formula is C11H18N4O2S. The molecule has 0 unspecified atom stereocenters. The van der Waals surface area contributed by atoms with Crippen molar-refractivity contribution in [2.24, 2.45) is 0 Å². The summed E-state index contributed by atoms with van der Waals surface area (Å²) in [6.45, 7) is 1.19.